The summed E-state index contributed by atoms with van der Waals surface area (Å²) in [6, 6.07) is -0.623. The summed E-state index contributed by atoms with van der Waals surface area (Å²) in [6.45, 7) is 4.94. The van der Waals surface area contributed by atoms with Crippen LogP contribution in [-0.4, -0.2) is 47.4 Å². The second-order valence-corrected chi connectivity index (χ2v) is 27.0. The van der Waals surface area contributed by atoms with Gasteiger partial charge in [-0.3, -0.25) is 9.59 Å². The van der Waals surface area contributed by atoms with Crippen molar-refractivity contribution in [2.45, 2.75) is 456 Å². The Kier molecular flexibility index (Phi) is 73.3. The van der Waals surface area contributed by atoms with Crippen LogP contribution in [0.5, 0.6) is 0 Å². The minimum atomic E-state index is -0.840. The van der Waals surface area contributed by atoms with E-state index in [9.17, 15) is 19.8 Å². The molecule has 6 heteroatoms. The third-order valence-corrected chi connectivity index (χ3v) is 18.5. The van der Waals surface area contributed by atoms with Gasteiger partial charge in [0.1, 0.15) is 0 Å². The molecular weight excluding hydrogens is 1040 g/mol. The Morgan fingerprint density at radius 1 is 0.318 bits per heavy atom. The summed E-state index contributed by atoms with van der Waals surface area (Å²) in [4.78, 5) is 24.6. The zero-order chi connectivity index (χ0) is 61.3. The quantitative estimate of drug-likeness (QED) is 0.0320. The molecule has 0 aromatic rings. The fourth-order valence-electron chi connectivity index (χ4n) is 12.5. The molecule has 85 heavy (non-hydrogen) atoms. The number of ether oxygens (including phenoxy) is 1. The normalized spacial score (nSPS) is 12.6. The summed E-state index contributed by atoms with van der Waals surface area (Å²) in [5.74, 6) is -0.0351. The maximum Gasteiger partial charge on any atom is 0.305 e. The molecule has 0 aliphatic heterocycles. The van der Waals surface area contributed by atoms with Gasteiger partial charge >= 0.3 is 5.97 Å². The molecular formula is C79H153NO5. The van der Waals surface area contributed by atoms with Gasteiger partial charge in [0, 0.05) is 12.8 Å². The lowest BCUT2D eigenvalue weighted by Gasteiger charge is -2.20. The number of aliphatic hydroxyl groups excluding tert-OH is 2. The Labute approximate surface area is 532 Å². The third-order valence-electron chi connectivity index (χ3n) is 18.5. The lowest BCUT2D eigenvalue weighted by Crippen LogP contribution is -2.45. The second kappa shape index (κ2) is 74.8. The molecule has 0 aromatic heterocycles. The molecule has 3 N–H and O–H groups in total. The van der Waals surface area contributed by atoms with Crippen LogP contribution >= 0.6 is 0 Å². The zero-order valence-electron chi connectivity index (χ0n) is 57.9. The van der Waals surface area contributed by atoms with Crippen LogP contribution in [0, 0.1) is 0 Å². The molecule has 0 saturated carbocycles. The topological polar surface area (TPSA) is 95.9 Å². The number of carbonyl (C=O) groups excluding carboxylic acids is 2. The van der Waals surface area contributed by atoms with Crippen LogP contribution in [0.25, 0.3) is 0 Å². The Morgan fingerprint density at radius 2 is 0.553 bits per heavy atom. The van der Waals surface area contributed by atoms with Crippen LogP contribution in [0.15, 0.2) is 24.3 Å². The van der Waals surface area contributed by atoms with Crippen LogP contribution in [0.3, 0.4) is 0 Å². The van der Waals surface area contributed by atoms with Crippen LogP contribution in [0.2, 0.25) is 0 Å². The van der Waals surface area contributed by atoms with Crippen LogP contribution in [0.1, 0.15) is 444 Å². The minimum absolute atomic E-state index is 0.0271. The molecule has 2 unspecified atom stereocenters. The Bertz CT molecular complexity index is 1330. The molecule has 0 rings (SSSR count). The number of hydrogen-bond acceptors (Lipinski definition) is 5. The van der Waals surface area contributed by atoms with E-state index in [4.69, 9.17) is 4.74 Å². The number of hydrogen-bond donors (Lipinski definition) is 3. The monoisotopic (exact) mass is 1200 g/mol. The van der Waals surface area contributed by atoms with E-state index in [2.05, 4.69) is 31.3 Å². The molecule has 2 atom stereocenters. The average molecular weight is 1200 g/mol. The van der Waals surface area contributed by atoms with Gasteiger partial charge in [-0.25, -0.2) is 0 Å². The number of aliphatic hydroxyl groups is 2. The molecule has 0 aromatic carbocycles. The maximum atomic E-state index is 12.5. The molecule has 1 amide bonds. The maximum absolute atomic E-state index is 12.5. The van der Waals surface area contributed by atoms with Crippen LogP contribution in [-0.2, 0) is 14.3 Å². The second-order valence-electron chi connectivity index (χ2n) is 27.0. The van der Waals surface area contributed by atoms with Crippen LogP contribution < -0.4 is 5.32 Å². The highest BCUT2D eigenvalue weighted by molar-refractivity contribution is 5.76. The first-order valence-corrected chi connectivity index (χ1v) is 39.1. The van der Waals surface area contributed by atoms with Crippen molar-refractivity contribution in [2.24, 2.45) is 0 Å². The summed E-state index contributed by atoms with van der Waals surface area (Å²) in [7, 11) is 0. The number of rotatable bonds is 74. The van der Waals surface area contributed by atoms with Gasteiger partial charge in [0.25, 0.3) is 0 Å². The Balaban J connectivity index is 3.30. The molecule has 0 spiro atoms. The van der Waals surface area contributed by atoms with E-state index in [1.54, 1.807) is 6.08 Å². The summed E-state index contributed by atoms with van der Waals surface area (Å²) in [5, 5.41) is 23.1. The van der Waals surface area contributed by atoms with E-state index >= 15 is 0 Å². The van der Waals surface area contributed by atoms with E-state index in [1.807, 2.05) is 6.08 Å². The number of esters is 1. The number of allylic oxidation sites excluding steroid dienone is 3. The van der Waals surface area contributed by atoms with E-state index in [-0.39, 0.29) is 18.5 Å². The Morgan fingerprint density at radius 3 is 0.835 bits per heavy atom. The largest absolute Gasteiger partial charge is 0.466 e. The lowest BCUT2D eigenvalue weighted by atomic mass is 10.0. The fourth-order valence-corrected chi connectivity index (χ4v) is 12.5. The first kappa shape index (κ1) is 83.3. The smallest absolute Gasteiger partial charge is 0.305 e. The van der Waals surface area contributed by atoms with Crippen molar-refractivity contribution in [2.75, 3.05) is 13.2 Å². The highest BCUT2D eigenvalue weighted by atomic mass is 16.5. The zero-order valence-corrected chi connectivity index (χ0v) is 57.9. The lowest BCUT2D eigenvalue weighted by molar-refractivity contribution is -0.143. The van der Waals surface area contributed by atoms with Crippen molar-refractivity contribution in [3.05, 3.63) is 24.3 Å². The van der Waals surface area contributed by atoms with Crippen molar-refractivity contribution in [3.63, 3.8) is 0 Å². The number of unbranched alkanes of at least 4 members (excludes halogenated alkanes) is 61. The van der Waals surface area contributed by atoms with Gasteiger partial charge < -0.3 is 20.3 Å². The van der Waals surface area contributed by atoms with Gasteiger partial charge in [-0.1, -0.05) is 398 Å². The first-order valence-electron chi connectivity index (χ1n) is 39.1. The number of amides is 1. The highest BCUT2D eigenvalue weighted by Crippen LogP contribution is 2.20. The highest BCUT2D eigenvalue weighted by Gasteiger charge is 2.18. The molecule has 0 bridgehead atoms. The van der Waals surface area contributed by atoms with Gasteiger partial charge in [0.05, 0.1) is 25.4 Å². The van der Waals surface area contributed by atoms with E-state index in [1.165, 1.54) is 379 Å². The number of carbonyl (C=O) groups is 2. The Hall–Kier alpha value is -1.66. The summed E-state index contributed by atoms with van der Waals surface area (Å²) in [6.07, 6.45) is 96.0. The average Bonchev–Trinajstić information content (AvgIpc) is 3.52. The van der Waals surface area contributed by atoms with E-state index in [0.717, 1.165) is 38.5 Å². The van der Waals surface area contributed by atoms with Crippen molar-refractivity contribution in [1.29, 1.82) is 0 Å². The predicted octanol–water partition coefficient (Wildman–Crippen LogP) is 25.7. The fraction of sp³-hybridized carbons (Fsp3) is 0.924. The summed E-state index contributed by atoms with van der Waals surface area (Å²) in [5.41, 5.74) is 0. The van der Waals surface area contributed by atoms with Crippen LogP contribution in [0.4, 0.5) is 0 Å². The van der Waals surface area contributed by atoms with Gasteiger partial charge in [-0.2, -0.15) is 0 Å². The molecule has 0 radical (unpaired) electrons. The minimum Gasteiger partial charge on any atom is -0.466 e. The molecule has 504 valence electrons. The van der Waals surface area contributed by atoms with E-state index in [0.29, 0.717) is 19.4 Å². The van der Waals surface area contributed by atoms with Gasteiger partial charge in [0.15, 0.2) is 0 Å². The van der Waals surface area contributed by atoms with Gasteiger partial charge in [-0.05, 0) is 57.8 Å². The summed E-state index contributed by atoms with van der Waals surface area (Å²) < 4.78 is 5.52. The summed E-state index contributed by atoms with van der Waals surface area (Å²) >= 11 is 0. The number of nitrogens with one attached hydrogen (secondary N) is 1. The first-order chi connectivity index (χ1) is 42.0. The molecule has 0 aliphatic carbocycles. The van der Waals surface area contributed by atoms with Crippen molar-refractivity contribution >= 4 is 11.9 Å². The van der Waals surface area contributed by atoms with E-state index < -0.39 is 12.1 Å². The van der Waals surface area contributed by atoms with Crippen molar-refractivity contribution < 1.29 is 24.5 Å². The molecule has 0 saturated heterocycles. The molecule has 6 nitrogen and oxygen atoms in total. The molecule has 0 heterocycles. The molecule has 0 aliphatic rings. The predicted molar refractivity (Wildman–Crippen MR) is 375 cm³/mol. The molecule has 0 fully saturated rings. The van der Waals surface area contributed by atoms with Gasteiger partial charge in [-0.15, -0.1) is 0 Å². The standard InChI is InChI=1S/C79H153NO5/c1-3-5-7-9-11-13-15-17-18-42-46-49-53-57-61-65-69-73-79(84)85-74-70-66-62-58-54-50-47-44-41-39-37-35-33-31-29-27-25-23-21-19-20-22-24-26-28-30-32-34-36-38-40-43-45-48-52-56-60-64-68-72-78(83)80-76(75-81)77(82)71-67-63-59-55-51-16-14-12-10-8-6-4-2/h19-20,67,71,76-77,81-82H,3-18,21-66,68-70,72-75H2,1-2H3,(H,80,83)/b20-19-,71-67+. The van der Waals surface area contributed by atoms with Crippen molar-refractivity contribution in [3.8, 4) is 0 Å². The third kappa shape index (κ3) is 71.3. The van der Waals surface area contributed by atoms with Crippen molar-refractivity contribution in [1.82, 2.24) is 5.32 Å². The SMILES string of the molecule is CCCCCCCCCCCC/C=C/C(O)C(CO)NC(=O)CCCCCCCCCCCCCCCCCCC/C=C\CCCCCCCCCCCCCCCCCCCCOC(=O)CCCCCCCCCCCCCCCCCCC. The van der Waals surface area contributed by atoms with Gasteiger partial charge in [0.2, 0.25) is 5.91 Å².